The summed E-state index contributed by atoms with van der Waals surface area (Å²) in [7, 11) is -3.57. The molecule has 2 aromatic rings. The van der Waals surface area contributed by atoms with Gasteiger partial charge in [-0.3, -0.25) is 4.79 Å². The van der Waals surface area contributed by atoms with Crippen molar-refractivity contribution in [3.63, 3.8) is 0 Å². The normalized spacial score (nSPS) is 14.4. The molecule has 1 amide bonds. The first-order valence-corrected chi connectivity index (χ1v) is 10.7. The van der Waals surface area contributed by atoms with Crippen molar-refractivity contribution in [1.82, 2.24) is 4.72 Å². The van der Waals surface area contributed by atoms with Crippen LogP contribution in [0.3, 0.4) is 0 Å². The molecule has 1 aliphatic rings. The van der Waals surface area contributed by atoms with E-state index in [0.29, 0.717) is 17.8 Å². The summed E-state index contributed by atoms with van der Waals surface area (Å²) in [4.78, 5) is 12.4. The Balaban J connectivity index is 1.58. The van der Waals surface area contributed by atoms with Crippen molar-refractivity contribution in [1.29, 1.82) is 0 Å². The van der Waals surface area contributed by atoms with Crippen molar-refractivity contribution < 1.29 is 13.2 Å². The Morgan fingerprint density at radius 3 is 2.37 bits per heavy atom. The van der Waals surface area contributed by atoms with Crippen molar-refractivity contribution >= 4 is 21.6 Å². The number of sulfonamides is 1. The van der Waals surface area contributed by atoms with Crippen LogP contribution in [0, 0.1) is 0 Å². The van der Waals surface area contributed by atoms with Gasteiger partial charge in [0.25, 0.3) is 5.91 Å². The van der Waals surface area contributed by atoms with Gasteiger partial charge in [-0.1, -0.05) is 29.8 Å². The number of nitrogens with one attached hydrogen (secondary N) is 2. The first-order chi connectivity index (χ1) is 13.0. The van der Waals surface area contributed by atoms with Crippen LogP contribution in [-0.4, -0.2) is 20.9 Å². The van der Waals surface area contributed by atoms with E-state index in [1.165, 1.54) is 42.7 Å². The van der Waals surface area contributed by atoms with Gasteiger partial charge in [0, 0.05) is 17.8 Å². The van der Waals surface area contributed by atoms with Gasteiger partial charge in [0.1, 0.15) is 0 Å². The second-order valence-electron chi connectivity index (χ2n) is 6.60. The first-order valence-electron chi connectivity index (χ1n) is 9.19. The van der Waals surface area contributed by atoms with E-state index in [1.807, 2.05) is 18.2 Å². The van der Waals surface area contributed by atoms with Crippen LogP contribution in [0.2, 0.25) is 0 Å². The highest BCUT2D eigenvalue weighted by Gasteiger charge is 2.15. The van der Waals surface area contributed by atoms with Crippen LogP contribution < -0.4 is 10.0 Å². The molecule has 0 unspecified atom stereocenters. The molecule has 1 aliphatic carbocycles. The fourth-order valence-electron chi connectivity index (χ4n) is 3.07. The van der Waals surface area contributed by atoms with Crippen LogP contribution in [0.15, 0.2) is 71.1 Å². The van der Waals surface area contributed by atoms with Crippen LogP contribution in [0.4, 0.5) is 5.69 Å². The molecule has 0 atom stereocenters. The van der Waals surface area contributed by atoms with Crippen molar-refractivity contribution in [3.05, 3.63) is 71.8 Å². The van der Waals surface area contributed by atoms with E-state index in [9.17, 15) is 13.2 Å². The zero-order valence-electron chi connectivity index (χ0n) is 15.1. The topological polar surface area (TPSA) is 75.3 Å². The van der Waals surface area contributed by atoms with Crippen molar-refractivity contribution in [3.8, 4) is 0 Å². The zero-order valence-corrected chi connectivity index (χ0v) is 16.0. The van der Waals surface area contributed by atoms with Gasteiger partial charge in [-0.05, 0) is 68.5 Å². The molecule has 0 aliphatic heterocycles. The van der Waals surface area contributed by atoms with Crippen LogP contribution in [0.1, 0.15) is 42.5 Å². The number of benzene rings is 2. The number of anilines is 1. The molecular formula is C21H24N2O3S. The molecule has 0 radical (unpaired) electrons. The first kappa shape index (κ1) is 19.3. The summed E-state index contributed by atoms with van der Waals surface area (Å²) in [5, 5.41) is 2.78. The minimum atomic E-state index is -3.57. The molecule has 0 bridgehead atoms. The van der Waals surface area contributed by atoms with E-state index in [-0.39, 0.29) is 10.8 Å². The van der Waals surface area contributed by atoms with Gasteiger partial charge < -0.3 is 5.32 Å². The van der Waals surface area contributed by atoms with Gasteiger partial charge in [0.15, 0.2) is 0 Å². The number of hydrogen-bond acceptors (Lipinski definition) is 3. The minimum Gasteiger partial charge on any atom is -0.322 e. The van der Waals surface area contributed by atoms with E-state index >= 15 is 0 Å². The Morgan fingerprint density at radius 1 is 0.963 bits per heavy atom. The highest BCUT2D eigenvalue weighted by molar-refractivity contribution is 7.89. The van der Waals surface area contributed by atoms with Crippen LogP contribution in [0.5, 0.6) is 0 Å². The Kier molecular flexibility index (Phi) is 6.42. The molecule has 3 rings (SSSR count). The minimum absolute atomic E-state index is 0.163. The van der Waals surface area contributed by atoms with Gasteiger partial charge in [0.2, 0.25) is 10.0 Å². The van der Waals surface area contributed by atoms with Crippen LogP contribution in [0.25, 0.3) is 0 Å². The number of rotatable bonds is 7. The number of carbonyl (C=O) groups excluding carboxylic acids is 1. The maximum atomic E-state index is 12.4. The predicted molar refractivity (Wildman–Crippen MR) is 107 cm³/mol. The second kappa shape index (κ2) is 8.97. The van der Waals surface area contributed by atoms with Crippen LogP contribution >= 0.6 is 0 Å². The third-order valence-corrected chi connectivity index (χ3v) is 6.06. The SMILES string of the molecule is O=C(Nc1ccccc1)c1ccc(S(=O)(=O)NCCC2=CCCCC2)cc1. The molecule has 2 aromatic carbocycles. The summed E-state index contributed by atoms with van der Waals surface area (Å²) in [6.07, 6.45) is 7.53. The smallest absolute Gasteiger partial charge is 0.255 e. The van der Waals surface area contributed by atoms with Crippen molar-refractivity contribution in [2.24, 2.45) is 0 Å². The Bertz CT molecular complexity index is 904. The lowest BCUT2D eigenvalue weighted by molar-refractivity contribution is 0.102. The highest BCUT2D eigenvalue weighted by atomic mass is 32.2. The zero-order chi connectivity index (χ0) is 19.1. The number of para-hydroxylation sites is 1. The molecule has 2 N–H and O–H groups in total. The highest BCUT2D eigenvalue weighted by Crippen LogP contribution is 2.20. The van der Waals surface area contributed by atoms with Crippen LogP contribution in [-0.2, 0) is 10.0 Å². The van der Waals surface area contributed by atoms with E-state index in [1.54, 1.807) is 12.1 Å². The lowest BCUT2D eigenvalue weighted by Gasteiger charge is -2.13. The molecule has 0 heterocycles. The number of amides is 1. The van der Waals surface area contributed by atoms with Crippen molar-refractivity contribution in [2.45, 2.75) is 37.0 Å². The van der Waals surface area contributed by atoms with Crippen molar-refractivity contribution in [2.75, 3.05) is 11.9 Å². The molecular weight excluding hydrogens is 360 g/mol. The van der Waals surface area contributed by atoms with Gasteiger partial charge in [-0.2, -0.15) is 0 Å². The molecule has 0 saturated carbocycles. The van der Waals surface area contributed by atoms with E-state index < -0.39 is 10.0 Å². The van der Waals surface area contributed by atoms with Gasteiger partial charge in [-0.15, -0.1) is 0 Å². The summed E-state index contributed by atoms with van der Waals surface area (Å²) in [6, 6.07) is 15.1. The maximum Gasteiger partial charge on any atom is 0.255 e. The molecule has 27 heavy (non-hydrogen) atoms. The molecule has 5 nitrogen and oxygen atoms in total. The Morgan fingerprint density at radius 2 is 1.70 bits per heavy atom. The molecule has 142 valence electrons. The predicted octanol–water partition coefficient (Wildman–Crippen LogP) is 4.11. The monoisotopic (exact) mass is 384 g/mol. The van der Waals surface area contributed by atoms with Gasteiger partial charge in [-0.25, -0.2) is 13.1 Å². The molecule has 0 aromatic heterocycles. The van der Waals surface area contributed by atoms with Gasteiger partial charge >= 0.3 is 0 Å². The molecule has 0 fully saturated rings. The van der Waals surface area contributed by atoms with E-state index in [2.05, 4.69) is 16.1 Å². The number of carbonyl (C=O) groups is 1. The average Bonchev–Trinajstić information content (AvgIpc) is 2.69. The summed E-state index contributed by atoms with van der Waals surface area (Å²) < 4.78 is 27.5. The second-order valence-corrected chi connectivity index (χ2v) is 8.37. The Hall–Kier alpha value is -2.44. The molecule has 0 spiro atoms. The number of allylic oxidation sites excluding steroid dienone is 1. The fourth-order valence-corrected chi connectivity index (χ4v) is 4.10. The molecule has 6 heteroatoms. The lowest BCUT2D eigenvalue weighted by atomic mass is 9.97. The third-order valence-electron chi connectivity index (χ3n) is 4.58. The molecule has 0 saturated heterocycles. The largest absolute Gasteiger partial charge is 0.322 e. The summed E-state index contributed by atoms with van der Waals surface area (Å²) >= 11 is 0. The standard InChI is InChI=1S/C21H24N2O3S/c24-21(23-19-9-5-2-6-10-19)18-11-13-20(14-12-18)27(25,26)22-16-15-17-7-3-1-4-8-17/h2,5-7,9-14,22H,1,3-4,8,15-16H2,(H,23,24). The van der Waals surface area contributed by atoms with E-state index in [4.69, 9.17) is 0 Å². The van der Waals surface area contributed by atoms with Gasteiger partial charge in [0.05, 0.1) is 4.90 Å². The summed E-state index contributed by atoms with van der Waals surface area (Å²) in [5.41, 5.74) is 2.43. The average molecular weight is 385 g/mol. The number of hydrogen-bond donors (Lipinski definition) is 2. The summed E-state index contributed by atoms with van der Waals surface area (Å²) in [6.45, 7) is 0.393. The lowest BCUT2D eigenvalue weighted by Crippen LogP contribution is -2.25. The Labute approximate surface area is 160 Å². The summed E-state index contributed by atoms with van der Waals surface area (Å²) in [5.74, 6) is -0.276. The quantitative estimate of drug-likeness (QED) is 0.706. The fraction of sp³-hybridized carbons (Fsp3) is 0.286. The maximum absolute atomic E-state index is 12.4. The third kappa shape index (κ3) is 5.52. The van der Waals surface area contributed by atoms with E-state index in [0.717, 1.165) is 19.3 Å².